The fraction of sp³-hybridized carbons (Fsp3) is 0.143. The van der Waals surface area contributed by atoms with E-state index >= 15 is 0 Å². The van der Waals surface area contributed by atoms with E-state index in [0.717, 1.165) is 0 Å². The van der Waals surface area contributed by atoms with Gasteiger partial charge in [-0.15, -0.1) is 0 Å². The molecule has 2 rings (SSSR count). The van der Waals surface area contributed by atoms with Crippen LogP contribution < -0.4 is 11.2 Å². The Morgan fingerprint density at radius 2 is 2.23 bits per heavy atom. The first-order valence-corrected chi connectivity index (χ1v) is 3.69. The lowest BCUT2D eigenvalue weighted by Gasteiger charge is -1.95. The van der Waals surface area contributed by atoms with Gasteiger partial charge in [-0.05, 0) is 6.92 Å². The molecule has 6 heteroatoms. The van der Waals surface area contributed by atoms with E-state index in [2.05, 4.69) is 21.9 Å². The number of nitrogens with zero attached hydrogens (tertiary/aromatic N) is 2. The van der Waals surface area contributed by atoms with Gasteiger partial charge in [-0.2, -0.15) is 0 Å². The van der Waals surface area contributed by atoms with Crippen molar-refractivity contribution in [2.45, 2.75) is 6.54 Å². The number of H-pyrrole nitrogens is 2. The van der Waals surface area contributed by atoms with Crippen LogP contribution in [-0.4, -0.2) is 19.5 Å². The van der Waals surface area contributed by atoms with Gasteiger partial charge in [0, 0.05) is 6.54 Å². The quantitative estimate of drug-likeness (QED) is 0.604. The third-order valence-electron chi connectivity index (χ3n) is 1.75. The first-order valence-electron chi connectivity index (χ1n) is 3.69. The number of fused-ring (bicyclic) bond motifs is 1. The van der Waals surface area contributed by atoms with Crippen LogP contribution in [0.5, 0.6) is 0 Å². The molecule has 0 fully saturated rings. The molecule has 13 heavy (non-hydrogen) atoms. The van der Waals surface area contributed by atoms with E-state index in [1.807, 2.05) is 0 Å². The number of rotatable bonds is 1. The van der Waals surface area contributed by atoms with E-state index in [4.69, 9.17) is 0 Å². The molecular formula is C7H7N4O2. The van der Waals surface area contributed by atoms with Crippen molar-refractivity contribution < 1.29 is 0 Å². The Hall–Kier alpha value is -1.85. The summed E-state index contributed by atoms with van der Waals surface area (Å²) >= 11 is 0. The molecule has 0 atom stereocenters. The molecule has 6 nitrogen and oxygen atoms in total. The van der Waals surface area contributed by atoms with Gasteiger partial charge in [0.1, 0.15) is 5.65 Å². The van der Waals surface area contributed by atoms with Crippen LogP contribution in [0.3, 0.4) is 0 Å². The van der Waals surface area contributed by atoms with Gasteiger partial charge < -0.3 is 4.57 Å². The van der Waals surface area contributed by atoms with Crippen LogP contribution in [0.25, 0.3) is 11.2 Å². The lowest BCUT2D eigenvalue weighted by Crippen LogP contribution is -2.22. The zero-order valence-corrected chi connectivity index (χ0v) is 6.70. The van der Waals surface area contributed by atoms with E-state index in [1.54, 1.807) is 4.57 Å². The summed E-state index contributed by atoms with van der Waals surface area (Å²) < 4.78 is 1.59. The van der Waals surface area contributed by atoms with Crippen molar-refractivity contribution in [1.29, 1.82) is 0 Å². The lowest BCUT2D eigenvalue weighted by molar-refractivity contribution is 0.830. The largest absolute Gasteiger partial charge is 0.327 e. The zero-order valence-electron chi connectivity index (χ0n) is 6.70. The topological polar surface area (TPSA) is 83.5 Å². The Bertz CT molecular complexity index is 547. The Balaban J connectivity index is 2.98. The molecule has 0 aromatic carbocycles. The molecule has 0 spiro atoms. The second-order valence-corrected chi connectivity index (χ2v) is 2.54. The van der Waals surface area contributed by atoms with Crippen molar-refractivity contribution in [3.63, 3.8) is 0 Å². The van der Waals surface area contributed by atoms with Crippen molar-refractivity contribution in [3.05, 3.63) is 34.1 Å². The monoisotopic (exact) mass is 179 g/mol. The van der Waals surface area contributed by atoms with Crippen LogP contribution in [0.1, 0.15) is 0 Å². The first kappa shape index (κ1) is 7.78. The maximum atomic E-state index is 11.2. The first-order chi connectivity index (χ1) is 6.22. The third-order valence-corrected chi connectivity index (χ3v) is 1.75. The molecule has 0 saturated carbocycles. The Morgan fingerprint density at radius 3 is 2.92 bits per heavy atom. The van der Waals surface area contributed by atoms with Crippen molar-refractivity contribution in [2.24, 2.45) is 0 Å². The Morgan fingerprint density at radius 1 is 1.46 bits per heavy atom. The fourth-order valence-electron chi connectivity index (χ4n) is 1.15. The Labute approximate surface area is 72.2 Å². The van der Waals surface area contributed by atoms with Crippen molar-refractivity contribution in [1.82, 2.24) is 19.5 Å². The SMILES string of the molecule is [CH2]Cn1cnc2c(=O)[nH]c(=O)[nH]c21. The summed E-state index contributed by atoms with van der Waals surface area (Å²) in [5.74, 6) is 0. The van der Waals surface area contributed by atoms with Crippen LogP contribution in [-0.2, 0) is 6.54 Å². The van der Waals surface area contributed by atoms with Gasteiger partial charge in [0.15, 0.2) is 5.52 Å². The predicted molar refractivity (Wildman–Crippen MR) is 46.3 cm³/mol. The van der Waals surface area contributed by atoms with E-state index in [9.17, 15) is 9.59 Å². The van der Waals surface area contributed by atoms with Gasteiger partial charge >= 0.3 is 5.69 Å². The van der Waals surface area contributed by atoms with Crippen LogP contribution >= 0.6 is 0 Å². The van der Waals surface area contributed by atoms with Crippen LogP contribution in [0.15, 0.2) is 15.9 Å². The molecule has 1 radical (unpaired) electrons. The van der Waals surface area contributed by atoms with Crippen molar-refractivity contribution in [2.75, 3.05) is 0 Å². The molecule has 0 unspecified atom stereocenters. The standard InChI is InChI=1S/C7H7N4O2/c1-2-11-3-8-4-5(11)9-7(13)10-6(4)12/h3H,1-2H2,(H2,9,10,12,13). The number of aromatic amines is 2. The molecular weight excluding hydrogens is 172 g/mol. The maximum Gasteiger partial charge on any atom is 0.327 e. The van der Waals surface area contributed by atoms with Crippen LogP contribution in [0.4, 0.5) is 0 Å². The molecule has 2 heterocycles. The van der Waals surface area contributed by atoms with Gasteiger partial charge in [-0.25, -0.2) is 9.78 Å². The van der Waals surface area contributed by atoms with Crippen LogP contribution in [0, 0.1) is 6.92 Å². The summed E-state index contributed by atoms with van der Waals surface area (Å²) in [5, 5.41) is 0. The molecule has 67 valence electrons. The molecule has 0 saturated heterocycles. The molecule has 0 aliphatic rings. The Kier molecular flexibility index (Phi) is 1.54. The zero-order chi connectivity index (χ0) is 9.42. The molecule has 0 bridgehead atoms. The predicted octanol–water partition coefficient (Wildman–Crippen LogP) is -0.753. The van der Waals surface area contributed by atoms with Gasteiger partial charge in [0.2, 0.25) is 0 Å². The molecule has 2 aromatic heterocycles. The normalized spacial score (nSPS) is 10.8. The number of nitrogens with one attached hydrogen (secondary N) is 2. The number of hydrogen-bond donors (Lipinski definition) is 2. The average molecular weight is 179 g/mol. The maximum absolute atomic E-state index is 11.2. The van der Waals surface area contributed by atoms with Crippen molar-refractivity contribution in [3.8, 4) is 0 Å². The highest BCUT2D eigenvalue weighted by Crippen LogP contribution is 2.00. The van der Waals surface area contributed by atoms with Crippen molar-refractivity contribution >= 4 is 11.2 Å². The molecule has 0 aliphatic carbocycles. The van der Waals surface area contributed by atoms with Crippen LogP contribution in [0.2, 0.25) is 0 Å². The summed E-state index contributed by atoms with van der Waals surface area (Å²) in [4.78, 5) is 30.5. The molecule has 2 aromatic rings. The summed E-state index contributed by atoms with van der Waals surface area (Å²) in [6.45, 7) is 4.04. The minimum Gasteiger partial charge on any atom is -0.317 e. The summed E-state index contributed by atoms with van der Waals surface area (Å²) in [5.41, 5.74) is -0.384. The minimum absolute atomic E-state index is 0.225. The smallest absolute Gasteiger partial charge is 0.317 e. The second-order valence-electron chi connectivity index (χ2n) is 2.54. The number of aromatic nitrogens is 4. The number of imidazole rings is 1. The molecule has 0 aliphatic heterocycles. The molecule has 0 amide bonds. The van der Waals surface area contributed by atoms with E-state index < -0.39 is 11.2 Å². The minimum atomic E-state index is -0.535. The van der Waals surface area contributed by atoms with E-state index in [1.165, 1.54) is 6.33 Å². The lowest BCUT2D eigenvalue weighted by atomic mass is 10.5. The highest BCUT2D eigenvalue weighted by molar-refractivity contribution is 5.68. The van der Waals surface area contributed by atoms with Gasteiger partial charge in [0.25, 0.3) is 5.56 Å². The summed E-state index contributed by atoms with van der Waals surface area (Å²) in [7, 11) is 0. The fourth-order valence-corrected chi connectivity index (χ4v) is 1.15. The highest BCUT2D eigenvalue weighted by atomic mass is 16.2. The van der Waals surface area contributed by atoms with E-state index in [0.29, 0.717) is 12.2 Å². The third kappa shape index (κ3) is 1.07. The molecule has 2 N–H and O–H groups in total. The van der Waals surface area contributed by atoms with Gasteiger partial charge in [0.05, 0.1) is 6.33 Å². The van der Waals surface area contributed by atoms with Gasteiger partial charge in [-0.1, -0.05) is 0 Å². The summed E-state index contributed by atoms with van der Waals surface area (Å²) in [6, 6.07) is 0. The van der Waals surface area contributed by atoms with Gasteiger partial charge in [-0.3, -0.25) is 14.8 Å². The second kappa shape index (κ2) is 2.58. The van der Waals surface area contributed by atoms with E-state index in [-0.39, 0.29) is 5.52 Å². The average Bonchev–Trinajstić information content (AvgIpc) is 2.47. The summed E-state index contributed by atoms with van der Waals surface area (Å²) in [6.07, 6.45) is 1.46. The highest BCUT2D eigenvalue weighted by Gasteiger charge is 2.05. The number of hydrogen-bond acceptors (Lipinski definition) is 3.